The van der Waals surface area contributed by atoms with Crippen LogP contribution in [-0.2, 0) is 4.74 Å². The van der Waals surface area contributed by atoms with Crippen molar-refractivity contribution >= 4 is 5.69 Å². The van der Waals surface area contributed by atoms with E-state index < -0.39 is 0 Å². The van der Waals surface area contributed by atoms with Crippen molar-refractivity contribution in [3.05, 3.63) is 29.8 Å². The summed E-state index contributed by atoms with van der Waals surface area (Å²) in [6.45, 7) is 5.01. The van der Waals surface area contributed by atoms with Crippen LogP contribution in [0.2, 0.25) is 0 Å². The van der Waals surface area contributed by atoms with E-state index in [0.717, 1.165) is 26.2 Å². The number of ether oxygens (including phenoxy) is 1. The Morgan fingerprint density at radius 3 is 2.89 bits per heavy atom. The van der Waals surface area contributed by atoms with Gasteiger partial charge < -0.3 is 15.4 Å². The average Bonchev–Trinajstić information content (AvgIpc) is 2.47. The van der Waals surface area contributed by atoms with E-state index in [1.54, 1.807) is 0 Å². The lowest BCUT2D eigenvalue weighted by molar-refractivity contribution is 0.0576. The van der Waals surface area contributed by atoms with Crippen LogP contribution >= 0.6 is 0 Å². The Morgan fingerprint density at radius 1 is 1.42 bits per heavy atom. The standard InChI is InChI=1S/C16H26N2O/c1-3-15(17)14-8-4-5-9-16(14)18(2)11-13-7-6-10-19-12-13/h4-5,8-9,13,15H,3,6-7,10-12,17H2,1-2H3. The highest BCUT2D eigenvalue weighted by atomic mass is 16.5. The third-order valence-corrected chi connectivity index (χ3v) is 3.97. The predicted octanol–water partition coefficient (Wildman–Crippen LogP) is 2.96. The second-order valence-corrected chi connectivity index (χ2v) is 5.54. The van der Waals surface area contributed by atoms with Crippen molar-refractivity contribution in [3.8, 4) is 0 Å². The molecule has 0 spiro atoms. The second-order valence-electron chi connectivity index (χ2n) is 5.54. The molecule has 2 rings (SSSR count). The van der Waals surface area contributed by atoms with Crippen LogP contribution in [0.1, 0.15) is 37.8 Å². The molecule has 2 unspecified atom stereocenters. The van der Waals surface area contributed by atoms with Crippen LogP contribution in [0.25, 0.3) is 0 Å². The van der Waals surface area contributed by atoms with Crippen molar-refractivity contribution < 1.29 is 4.74 Å². The van der Waals surface area contributed by atoms with Gasteiger partial charge in [0, 0.05) is 31.9 Å². The molecule has 1 fully saturated rings. The zero-order valence-electron chi connectivity index (χ0n) is 12.1. The zero-order valence-corrected chi connectivity index (χ0v) is 12.1. The minimum absolute atomic E-state index is 0.126. The van der Waals surface area contributed by atoms with Gasteiger partial charge in [-0.25, -0.2) is 0 Å². The molecule has 0 radical (unpaired) electrons. The molecule has 0 aliphatic carbocycles. The van der Waals surface area contributed by atoms with Gasteiger partial charge in [-0.1, -0.05) is 25.1 Å². The summed E-state index contributed by atoms with van der Waals surface area (Å²) in [5, 5.41) is 0. The fourth-order valence-corrected chi connectivity index (χ4v) is 2.81. The lowest BCUT2D eigenvalue weighted by Gasteiger charge is -2.30. The highest BCUT2D eigenvalue weighted by Crippen LogP contribution is 2.27. The van der Waals surface area contributed by atoms with E-state index in [9.17, 15) is 0 Å². The maximum atomic E-state index is 6.21. The van der Waals surface area contributed by atoms with Gasteiger partial charge in [0.25, 0.3) is 0 Å². The largest absolute Gasteiger partial charge is 0.381 e. The van der Waals surface area contributed by atoms with Gasteiger partial charge in [0.15, 0.2) is 0 Å². The van der Waals surface area contributed by atoms with Gasteiger partial charge in [0.2, 0.25) is 0 Å². The first-order valence-corrected chi connectivity index (χ1v) is 7.35. The summed E-state index contributed by atoms with van der Waals surface area (Å²) in [6.07, 6.45) is 3.43. The van der Waals surface area contributed by atoms with Crippen molar-refractivity contribution in [2.45, 2.75) is 32.2 Å². The minimum Gasteiger partial charge on any atom is -0.381 e. The quantitative estimate of drug-likeness (QED) is 0.886. The zero-order chi connectivity index (χ0) is 13.7. The van der Waals surface area contributed by atoms with Crippen molar-refractivity contribution in [3.63, 3.8) is 0 Å². The van der Waals surface area contributed by atoms with Gasteiger partial charge in [-0.3, -0.25) is 0 Å². The summed E-state index contributed by atoms with van der Waals surface area (Å²) in [5.74, 6) is 0.643. The number of anilines is 1. The minimum atomic E-state index is 0.126. The molecule has 1 aromatic carbocycles. The van der Waals surface area contributed by atoms with Crippen LogP contribution < -0.4 is 10.6 Å². The Labute approximate surface area is 116 Å². The molecule has 106 valence electrons. The normalized spacial score (nSPS) is 21.1. The molecular weight excluding hydrogens is 236 g/mol. The highest BCUT2D eigenvalue weighted by molar-refractivity contribution is 5.54. The predicted molar refractivity (Wildman–Crippen MR) is 80.5 cm³/mol. The lowest BCUT2D eigenvalue weighted by Crippen LogP contribution is -2.31. The third-order valence-electron chi connectivity index (χ3n) is 3.97. The van der Waals surface area contributed by atoms with Crippen LogP contribution in [0, 0.1) is 5.92 Å². The molecule has 3 nitrogen and oxygen atoms in total. The van der Waals surface area contributed by atoms with E-state index in [1.807, 2.05) is 0 Å². The molecule has 1 saturated heterocycles. The Bertz CT molecular complexity index is 388. The Balaban J connectivity index is 2.07. The summed E-state index contributed by atoms with van der Waals surface area (Å²) in [4.78, 5) is 2.34. The van der Waals surface area contributed by atoms with E-state index in [-0.39, 0.29) is 6.04 Å². The van der Waals surface area contributed by atoms with Gasteiger partial charge in [0.1, 0.15) is 0 Å². The summed E-state index contributed by atoms with van der Waals surface area (Å²) >= 11 is 0. The van der Waals surface area contributed by atoms with Gasteiger partial charge in [0.05, 0.1) is 6.61 Å². The van der Waals surface area contributed by atoms with Crippen LogP contribution in [-0.4, -0.2) is 26.8 Å². The maximum absolute atomic E-state index is 6.21. The molecule has 0 aromatic heterocycles. The molecule has 0 amide bonds. The van der Waals surface area contributed by atoms with Gasteiger partial charge in [-0.05, 0) is 36.8 Å². The highest BCUT2D eigenvalue weighted by Gasteiger charge is 2.18. The number of para-hydroxylation sites is 1. The molecule has 2 N–H and O–H groups in total. The van der Waals surface area contributed by atoms with Crippen LogP contribution in [0.15, 0.2) is 24.3 Å². The van der Waals surface area contributed by atoms with Crippen molar-refractivity contribution in [1.29, 1.82) is 0 Å². The number of rotatable bonds is 5. The van der Waals surface area contributed by atoms with E-state index in [4.69, 9.17) is 10.5 Å². The van der Waals surface area contributed by atoms with Crippen molar-refractivity contribution in [1.82, 2.24) is 0 Å². The smallest absolute Gasteiger partial charge is 0.0511 e. The fourth-order valence-electron chi connectivity index (χ4n) is 2.81. The first-order chi connectivity index (χ1) is 9.22. The molecule has 0 saturated carbocycles. The van der Waals surface area contributed by atoms with Crippen LogP contribution in [0.5, 0.6) is 0 Å². The van der Waals surface area contributed by atoms with Crippen molar-refractivity contribution in [2.75, 3.05) is 31.7 Å². The van der Waals surface area contributed by atoms with Crippen LogP contribution in [0.4, 0.5) is 5.69 Å². The monoisotopic (exact) mass is 262 g/mol. The summed E-state index contributed by atoms with van der Waals surface area (Å²) in [6, 6.07) is 8.62. The molecule has 1 aliphatic heterocycles. The molecule has 0 bridgehead atoms. The molecular formula is C16H26N2O. The summed E-state index contributed by atoms with van der Waals surface area (Å²) < 4.78 is 5.57. The second kappa shape index (κ2) is 6.92. The van der Waals surface area contributed by atoms with Gasteiger partial charge in [-0.15, -0.1) is 0 Å². The average molecular weight is 262 g/mol. The SMILES string of the molecule is CCC(N)c1ccccc1N(C)CC1CCCOC1. The molecule has 3 heteroatoms. The molecule has 1 aliphatic rings. The molecule has 1 heterocycles. The Morgan fingerprint density at radius 2 is 2.21 bits per heavy atom. The van der Waals surface area contributed by atoms with Gasteiger partial charge in [-0.2, -0.15) is 0 Å². The lowest BCUT2D eigenvalue weighted by atomic mass is 9.99. The first-order valence-electron chi connectivity index (χ1n) is 7.35. The van der Waals surface area contributed by atoms with E-state index in [2.05, 4.69) is 43.1 Å². The van der Waals surface area contributed by atoms with Gasteiger partial charge >= 0.3 is 0 Å². The summed E-state index contributed by atoms with van der Waals surface area (Å²) in [5.41, 5.74) is 8.73. The number of nitrogens with two attached hydrogens (primary N) is 1. The first kappa shape index (κ1) is 14.4. The Hall–Kier alpha value is -1.06. The number of hydrogen-bond acceptors (Lipinski definition) is 3. The molecule has 19 heavy (non-hydrogen) atoms. The van der Waals surface area contributed by atoms with E-state index in [1.165, 1.54) is 24.1 Å². The molecule has 2 atom stereocenters. The maximum Gasteiger partial charge on any atom is 0.0511 e. The van der Waals surface area contributed by atoms with E-state index >= 15 is 0 Å². The number of benzene rings is 1. The number of nitrogens with zero attached hydrogens (tertiary/aromatic N) is 1. The topological polar surface area (TPSA) is 38.5 Å². The number of hydrogen-bond donors (Lipinski definition) is 1. The summed E-state index contributed by atoms with van der Waals surface area (Å²) in [7, 11) is 2.16. The van der Waals surface area contributed by atoms with Crippen molar-refractivity contribution in [2.24, 2.45) is 11.7 Å². The third kappa shape index (κ3) is 3.71. The Kier molecular flexibility index (Phi) is 5.23. The van der Waals surface area contributed by atoms with Crippen LogP contribution in [0.3, 0.4) is 0 Å². The van der Waals surface area contributed by atoms with E-state index in [0.29, 0.717) is 5.92 Å². The fraction of sp³-hybridized carbons (Fsp3) is 0.625. The molecule has 1 aromatic rings.